The Morgan fingerprint density at radius 1 is 1.33 bits per heavy atom. The summed E-state index contributed by atoms with van der Waals surface area (Å²) in [6, 6.07) is 9.07. The molecule has 4 heteroatoms. The number of benzene rings is 1. The van der Waals surface area contributed by atoms with Gasteiger partial charge in [0.25, 0.3) is 0 Å². The van der Waals surface area contributed by atoms with Gasteiger partial charge in [-0.2, -0.15) is 11.8 Å². The number of para-hydroxylation sites is 1. The van der Waals surface area contributed by atoms with Gasteiger partial charge in [0.2, 0.25) is 0 Å². The summed E-state index contributed by atoms with van der Waals surface area (Å²) in [6.07, 6.45) is 1.98. The minimum atomic E-state index is 0.627. The standard InChI is InChI=1S/C14H15N3S/c1-2-4-12-11(3-1)14-13(8-16-12)15-7-10-9-18-6-5-17(10)14/h1-4,8,10,15H,5-7,9H2. The zero-order chi connectivity index (χ0) is 11.9. The second-order valence-corrected chi connectivity index (χ2v) is 5.99. The highest BCUT2D eigenvalue weighted by Crippen LogP contribution is 2.39. The molecule has 1 aromatic carbocycles. The first-order valence-corrected chi connectivity index (χ1v) is 7.55. The van der Waals surface area contributed by atoms with E-state index in [4.69, 9.17) is 0 Å². The number of hydrogen-bond acceptors (Lipinski definition) is 4. The van der Waals surface area contributed by atoms with Crippen LogP contribution < -0.4 is 10.2 Å². The van der Waals surface area contributed by atoms with E-state index in [0.717, 1.165) is 18.6 Å². The van der Waals surface area contributed by atoms with E-state index in [0.29, 0.717) is 6.04 Å². The summed E-state index contributed by atoms with van der Waals surface area (Å²) < 4.78 is 0. The lowest BCUT2D eigenvalue weighted by atomic mass is 10.1. The number of hydrogen-bond donors (Lipinski definition) is 1. The maximum Gasteiger partial charge on any atom is 0.0772 e. The minimum Gasteiger partial charge on any atom is -0.380 e. The third-order valence-electron chi connectivity index (χ3n) is 3.79. The molecule has 1 fully saturated rings. The second kappa shape index (κ2) is 4.05. The van der Waals surface area contributed by atoms with Gasteiger partial charge in [-0.25, -0.2) is 0 Å². The minimum absolute atomic E-state index is 0.627. The highest BCUT2D eigenvalue weighted by molar-refractivity contribution is 7.99. The Bertz CT molecular complexity index is 599. The van der Waals surface area contributed by atoms with Gasteiger partial charge in [-0.1, -0.05) is 18.2 Å². The van der Waals surface area contributed by atoms with Gasteiger partial charge in [0.05, 0.1) is 29.1 Å². The SMILES string of the molecule is c1ccc2c3c(cnc2c1)NCC1CSCCN31. The van der Waals surface area contributed by atoms with Gasteiger partial charge in [-0.05, 0) is 6.07 Å². The van der Waals surface area contributed by atoms with Crippen molar-refractivity contribution in [3.05, 3.63) is 30.5 Å². The molecule has 2 aliphatic heterocycles. The molecular formula is C14H15N3S. The predicted octanol–water partition coefficient (Wildman–Crippen LogP) is 2.58. The summed E-state index contributed by atoms with van der Waals surface area (Å²) in [7, 11) is 0. The average Bonchev–Trinajstić information content (AvgIpc) is 2.46. The quantitative estimate of drug-likeness (QED) is 0.785. The van der Waals surface area contributed by atoms with E-state index in [1.165, 1.54) is 28.3 Å². The third-order valence-corrected chi connectivity index (χ3v) is 4.88. The third kappa shape index (κ3) is 1.48. The van der Waals surface area contributed by atoms with E-state index >= 15 is 0 Å². The van der Waals surface area contributed by atoms with Gasteiger partial charge in [0, 0.05) is 30.0 Å². The molecule has 2 aromatic rings. The van der Waals surface area contributed by atoms with E-state index in [2.05, 4.69) is 51.2 Å². The van der Waals surface area contributed by atoms with E-state index in [9.17, 15) is 0 Å². The zero-order valence-electron chi connectivity index (χ0n) is 10.1. The number of rotatable bonds is 0. The van der Waals surface area contributed by atoms with E-state index in [-0.39, 0.29) is 0 Å². The van der Waals surface area contributed by atoms with Crippen LogP contribution in [0.3, 0.4) is 0 Å². The van der Waals surface area contributed by atoms with Crippen LogP contribution in [0.1, 0.15) is 0 Å². The first-order chi connectivity index (χ1) is 8.93. The molecule has 1 saturated heterocycles. The molecule has 4 rings (SSSR count). The molecule has 92 valence electrons. The van der Waals surface area contributed by atoms with Gasteiger partial charge in [-0.15, -0.1) is 0 Å². The molecule has 1 N–H and O–H groups in total. The Morgan fingerprint density at radius 3 is 3.28 bits per heavy atom. The second-order valence-electron chi connectivity index (χ2n) is 4.84. The molecule has 0 amide bonds. The van der Waals surface area contributed by atoms with Crippen LogP contribution in [0.5, 0.6) is 0 Å². The number of pyridine rings is 1. The van der Waals surface area contributed by atoms with Crippen molar-refractivity contribution in [1.82, 2.24) is 4.98 Å². The molecule has 3 heterocycles. The molecule has 0 aliphatic carbocycles. The fourth-order valence-electron chi connectivity index (χ4n) is 2.91. The van der Waals surface area contributed by atoms with Crippen molar-refractivity contribution < 1.29 is 0 Å². The Labute approximate surface area is 111 Å². The van der Waals surface area contributed by atoms with Crippen LogP contribution in [0.25, 0.3) is 10.9 Å². The average molecular weight is 257 g/mol. The summed E-state index contributed by atoms with van der Waals surface area (Å²) in [5, 5.41) is 4.81. The molecule has 1 atom stereocenters. The van der Waals surface area contributed by atoms with Gasteiger partial charge in [-0.3, -0.25) is 4.98 Å². The molecule has 18 heavy (non-hydrogen) atoms. The first kappa shape index (κ1) is 10.5. The highest BCUT2D eigenvalue weighted by Gasteiger charge is 2.30. The van der Waals surface area contributed by atoms with Gasteiger partial charge in [0.1, 0.15) is 0 Å². The molecule has 0 saturated carbocycles. The van der Waals surface area contributed by atoms with Crippen LogP contribution in [0.15, 0.2) is 30.5 Å². The number of aromatic nitrogens is 1. The van der Waals surface area contributed by atoms with Crippen molar-refractivity contribution in [1.29, 1.82) is 0 Å². The Kier molecular flexibility index (Phi) is 2.36. The summed E-state index contributed by atoms with van der Waals surface area (Å²) in [6.45, 7) is 2.19. The molecule has 1 unspecified atom stereocenters. The Balaban J connectivity index is 1.95. The van der Waals surface area contributed by atoms with Crippen molar-refractivity contribution in [2.75, 3.05) is 34.8 Å². The van der Waals surface area contributed by atoms with Crippen molar-refractivity contribution in [3.8, 4) is 0 Å². The summed E-state index contributed by atoms with van der Waals surface area (Å²) >= 11 is 2.06. The maximum absolute atomic E-state index is 4.54. The fraction of sp³-hybridized carbons (Fsp3) is 0.357. The van der Waals surface area contributed by atoms with E-state index in [1.807, 2.05) is 6.20 Å². The smallest absolute Gasteiger partial charge is 0.0772 e. The first-order valence-electron chi connectivity index (χ1n) is 6.39. The zero-order valence-corrected chi connectivity index (χ0v) is 10.9. The van der Waals surface area contributed by atoms with Gasteiger partial charge in [0.15, 0.2) is 0 Å². The summed E-state index contributed by atoms with van der Waals surface area (Å²) in [4.78, 5) is 7.11. The van der Waals surface area contributed by atoms with Gasteiger partial charge < -0.3 is 10.2 Å². The van der Waals surface area contributed by atoms with Crippen LogP contribution in [-0.4, -0.2) is 35.6 Å². The summed E-state index contributed by atoms with van der Waals surface area (Å²) in [5.74, 6) is 2.45. The monoisotopic (exact) mass is 257 g/mol. The van der Waals surface area contributed by atoms with Crippen LogP contribution in [0.2, 0.25) is 0 Å². The van der Waals surface area contributed by atoms with Crippen LogP contribution >= 0.6 is 11.8 Å². The summed E-state index contributed by atoms with van der Waals surface area (Å²) in [5.41, 5.74) is 3.64. The van der Waals surface area contributed by atoms with Crippen molar-refractivity contribution in [3.63, 3.8) is 0 Å². The number of thioether (sulfide) groups is 1. The fourth-order valence-corrected chi connectivity index (χ4v) is 3.97. The lowest BCUT2D eigenvalue weighted by molar-refractivity contribution is 0.658. The molecule has 0 bridgehead atoms. The largest absolute Gasteiger partial charge is 0.380 e. The van der Waals surface area contributed by atoms with Crippen LogP contribution in [0, 0.1) is 0 Å². The van der Waals surface area contributed by atoms with E-state index < -0.39 is 0 Å². The number of nitrogens with zero attached hydrogens (tertiary/aromatic N) is 2. The number of anilines is 2. The number of nitrogens with one attached hydrogen (secondary N) is 1. The highest BCUT2D eigenvalue weighted by atomic mass is 32.2. The van der Waals surface area contributed by atoms with Crippen LogP contribution in [0.4, 0.5) is 11.4 Å². The van der Waals surface area contributed by atoms with Crippen molar-refractivity contribution >= 4 is 34.0 Å². The topological polar surface area (TPSA) is 28.2 Å². The Hall–Kier alpha value is -1.42. The lowest BCUT2D eigenvalue weighted by Gasteiger charge is -2.42. The van der Waals surface area contributed by atoms with Crippen molar-refractivity contribution in [2.24, 2.45) is 0 Å². The number of fused-ring (bicyclic) bond motifs is 5. The van der Waals surface area contributed by atoms with Crippen molar-refractivity contribution in [2.45, 2.75) is 6.04 Å². The molecular weight excluding hydrogens is 242 g/mol. The normalized spacial score (nSPS) is 22.2. The maximum atomic E-state index is 4.54. The molecule has 0 spiro atoms. The Morgan fingerprint density at radius 2 is 2.28 bits per heavy atom. The van der Waals surface area contributed by atoms with Crippen LogP contribution in [-0.2, 0) is 0 Å². The molecule has 2 aliphatic rings. The van der Waals surface area contributed by atoms with Gasteiger partial charge >= 0.3 is 0 Å². The molecule has 1 aromatic heterocycles. The lowest BCUT2D eigenvalue weighted by Crippen LogP contribution is -2.49. The van der Waals surface area contributed by atoms with E-state index in [1.54, 1.807) is 0 Å². The molecule has 3 nitrogen and oxygen atoms in total. The molecule has 0 radical (unpaired) electrons. The predicted molar refractivity (Wildman–Crippen MR) is 78.7 cm³/mol.